The SMILES string of the molecule is C#CCOCC(O)CN1CCN(c2cccc(C)n2)CC1. The zero-order valence-electron chi connectivity index (χ0n) is 12.5. The molecule has 1 unspecified atom stereocenters. The summed E-state index contributed by atoms with van der Waals surface area (Å²) >= 11 is 0. The second-order valence-electron chi connectivity index (χ2n) is 5.30. The molecule has 2 rings (SSSR count). The lowest BCUT2D eigenvalue weighted by Crippen LogP contribution is -2.49. The van der Waals surface area contributed by atoms with E-state index in [0.29, 0.717) is 13.2 Å². The summed E-state index contributed by atoms with van der Waals surface area (Å²) in [6, 6.07) is 6.09. The van der Waals surface area contributed by atoms with Crippen molar-refractivity contribution in [2.24, 2.45) is 0 Å². The number of piperazine rings is 1. The van der Waals surface area contributed by atoms with Gasteiger partial charge in [0.15, 0.2) is 0 Å². The fraction of sp³-hybridized carbons (Fsp3) is 0.562. The molecule has 1 aliphatic rings. The van der Waals surface area contributed by atoms with Crippen LogP contribution in [0.5, 0.6) is 0 Å². The van der Waals surface area contributed by atoms with Crippen LogP contribution in [-0.2, 0) is 4.74 Å². The largest absolute Gasteiger partial charge is 0.389 e. The van der Waals surface area contributed by atoms with Gasteiger partial charge in [0.1, 0.15) is 12.4 Å². The van der Waals surface area contributed by atoms with E-state index in [4.69, 9.17) is 11.2 Å². The van der Waals surface area contributed by atoms with Gasteiger partial charge in [-0.25, -0.2) is 4.98 Å². The topological polar surface area (TPSA) is 48.8 Å². The lowest BCUT2D eigenvalue weighted by Gasteiger charge is -2.36. The number of hydrogen-bond acceptors (Lipinski definition) is 5. The maximum Gasteiger partial charge on any atom is 0.128 e. The quantitative estimate of drug-likeness (QED) is 0.611. The predicted molar refractivity (Wildman–Crippen MR) is 83.3 cm³/mol. The molecule has 1 saturated heterocycles. The van der Waals surface area contributed by atoms with Gasteiger partial charge in [0.25, 0.3) is 0 Å². The van der Waals surface area contributed by atoms with Gasteiger partial charge in [-0.3, -0.25) is 4.90 Å². The van der Waals surface area contributed by atoms with Crippen molar-refractivity contribution in [2.75, 3.05) is 50.8 Å². The highest BCUT2D eigenvalue weighted by atomic mass is 16.5. The van der Waals surface area contributed by atoms with Crippen molar-refractivity contribution >= 4 is 5.82 Å². The first-order valence-electron chi connectivity index (χ1n) is 7.29. The number of pyridine rings is 1. The Morgan fingerprint density at radius 2 is 2.14 bits per heavy atom. The molecular weight excluding hydrogens is 266 g/mol. The second kappa shape index (κ2) is 7.99. The van der Waals surface area contributed by atoms with Crippen molar-refractivity contribution in [1.29, 1.82) is 0 Å². The summed E-state index contributed by atoms with van der Waals surface area (Å²) in [5.74, 6) is 3.43. The van der Waals surface area contributed by atoms with E-state index >= 15 is 0 Å². The minimum atomic E-state index is -0.484. The molecule has 1 atom stereocenters. The number of hydrogen-bond donors (Lipinski definition) is 1. The molecule has 0 aliphatic carbocycles. The third-order valence-electron chi connectivity index (χ3n) is 3.53. The smallest absolute Gasteiger partial charge is 0.128 e. The molecule has 0 amide bonds. The van der Waals surface area contributed by atoms with Gasteiger partial charge < -0.3 is 14.7 Å². The molecule has 21 heavy (non-hydrogen) atoms. The van der Waals surface area contributed by atoms with E-state index in [0.717, 1.165) is 37.7 Å². The fourth-order valence-electron chi connectivity index (χ4n) is 2.47. The molecule has 5 heteroatoms. The number of nitrogens with zero attached hydrogens (tertiary/aromatic N) is 3. The highest BCUT2D eigenvalue weighted by molar-refractivity contribution is 5.39. The Morgan fingerprint density at radius 1 is 1.38 bits per heavy atom. The summed E-state index contributed by atoms with van der Waals surface area (Å²) in [5.41, 5.74) is 1.04. The molecule has 0 radical (unpaired) electrons. The number of aliphatic hydroxyl groups is 1. The van der Waals surface area contributed by atoms with Gasteiger partial charge in [0.2, 0.25) is 0 Å². The van der Waals surface area contributed by atoms with E-state index < -0.39 is 6.10 Å². The lowest BCUT2D eigenvalue weighted by atomic mass is 10.2. The van der Waals surface area contributed by atoms with Gasteiger partial charge in [-0.1, -0.05) is 12.0 Å². The van der Waals surface area contributed by atoms with E-state index in [2.05, 4.69) is 20.7 Å². The van der Waals surface area contributed by atoms with Gasteiger partial charge in [-0.15, -0.1) is 6.42 Å². The minimum absolute atomic E-state index is 0.254. The van der Waals surface area contributed by atoms with Crippen LogP contribution in [0.4, 0.5) is 5.82 Å². The monoisotopic (exact) mass is 289 g/mol. The molecule has 0 spiro atoms. The molecule has 2 heterocycles. The van der Waals surface area contributed by atoms with Crippen LogP contribution in [0.2, 0.25) is 0 Å². The van der Waals surface area contributed by atoms with Crippen molar-refractivity contribution in [3.05, 3.63) is 23.9 Å². The first-order chi connectivity index (χ1) is 10.2. The van der Waals surface area contributed by atoms with Gasteiger partial charge in [-0.2, -0.15) is 0 Å². The number of β-amino-alcohol motifs (C(OH)–C–C–N with tert-alkyl or cyclic N) is 1. The lowest BCUT2D eigenvalue weighted by molar-refractivity contribution is 0.0267. The highest BCUT2D eigenvalue weighted by Crippen LogP contribution is 2.14. The van der Waals surface area contributed by atoms with Gasteiger partial charge in [-0.05, 0) is 19.1 Å². The minimum Gasteiger partial charge on any atom is -0.389 e. The van der Waals surface area contributed by atoms with Crippen molar-refractivity contribution < 1.29 is 9.84 Å². The summed E-state index contributed by atoms with van der Waals surface area (Å²) in [6.45, 7) is 6.87. The summed E-state index contributed by atoms with van der Waals surface area (Å²) in [5, 5.41) is 9.89. The molecule has 0 aromatic carbocycles. The molecular formula is C16H23N3O2. The van der Waals surface area contributed by atoms with Gasteiger partial charge >= 0.3 is 0 Å². The number of aliphatic hydroxyl groups excluding tert-OH is 1. The Balaban J connectivity index is 1.74. The van der Waals surface area contributed by atoms with E-state index in [9.17, 15) is 5.11 Å². The van der Waals surface area contributed by atoms with Crippen LogP contribution in [0.3, 0.4) is 0 Å². The van der Waals surface area contributed by atoms with Crippen molar-refractivity contribution in [2.45, 2.75) is 13.0 Å². The van der Waals surface area contributed by atoms with E-state index in [1.807, 2.05) is 25.1 Å². The zero-order chi connectivity index (χ0) is 15.1. The van der Waals surface area contributed by atoms with Gasteiger partial charge in [0, 0.05) is 38.4 Å². The summed E-state index contributed by atoms with van der Waals surface area (Å²) in [7, 11) is 0. The van der Waals surface area contributed by atoms with Crippen molar-refractivity contribution in [1.82, 2.24) is 9.88 Å². The maximum atomic E-state index is 9.89. The third-order valence-corrected chi connectivity index (χ3v) is 3.53. The van der Waals surface area contributed by atoms with Crippen molar-refractivity contribution in [3.8, 4) is 12.3 Å². The number of aryl methyl sites for hydroxylation is 1. The van der Waals surface area contributed by atoms with Crippen LogP contribution >= 0.6 is 0 Å². The normalized spacial score (nSPS) is 17.5. The molecule has 0 saturated carbocycles. The Hall–Kier alpha value is -1.61. The van der Waals surface area contributed by atoms with Gasteiger partial charge in [0.05, 0.1) is 12.7 Å². The standard InChI is InChI=1S/C16H23N3O2/c1-3-11-21-13-15(20)12-18-7-9-19(10-8-18)16-6-4-5-14(2)17-16/h1,4-6,15,20H,7-13H2,2H3. The fourth-order valence-corrected chi connectivity index (χ4v) is 2.47. The molecule has 0 bridgehead atoms. The first kappa shape index (κ1) is 15.8. The number of anilines is 1. The Labute approximate surface area is 126 Å². The average Bonchev–Trinajstić information content (AvgIpc) is 2.48. The summed E-state index contributed by atoms with van der Waals surface area (Å²) < 4.78 is 5.16. The molecule has 114 valence electrons. The number of rotatable bonds is 6. The van der Waals surface area contributed by atoms with Crippen molar-refractivity contribution in [3.63, 3.8) is 0 Å². The molecule has 1 N–H and O–H groups in total. The molecule has 5 nitrogen and oxygen atoms in total. The molecule has 1 fully saturated rings. The summed E-state index contributed by atoms with van der Waals surface area (Å²) in [6.07, 6.45) is 4.62. The van der Waals surface area contributed by atoms with Crippen LogP contribution in [-0.4, -0.2) is 67.0 Å². The van der Waals surface area contributed by atoms with E-state index in [1.54, 1.807) is 0 Å². The van der Waals surface area contributed by atoms with Crippen LogP contribution in [0, 0.1) is 19.3 Å². The first-order valence-corrected chi connectivity index (χ1v) is 7.29. The maximum absolute atomic E-state index is 9.89. The number of aromatic nitrogens is 1. The predicted octanol–water partition coefficient (Wildman–Crippen LogP) is 0.523. The number of ether oxygens (including phenoxy) is 1. The van der Waals surface area contributed by atoms with Crippen LogP contribution in [0.25, 0.3) is 0 Å². The molecule has 1 aromatic rings. The van der Waals surface area contributed by atoms with E-state index in [1.165, 1.54) is 0 Å². The second-order valence-corrected chi connectivity index (χ2v) is 5.30. The third kappa shape index (κ3) is 5.01. The number of terminal acetylenes is 1. The van der Waals surface area contributed by atoms with Crippen LogP contribution in [0.1, 0.15) is 5.69 Å². The Bertz CT molecular complexity index is 479. The molecule has 1 aliphatic heterocycles. The Morgan fingerprint density at radius 3 is 2.81 bits per heavy atom. The van der Waals surface area contributed by atoms with Crippen LogP contribution < -0.4 is 4.90 Å². The average molecular weight is 289 g/mol. The highest BCUT2D eigenvalue weighted by Gasteiger charge is 2.20. The van der Waals surface area contributed by atoms with Crippen LogP contribution in [0.15, 0.2) is 18.2 Å². The zero-order valence-corrected chi connectivity index (χ0v) is 12.5. The van der Waals surface area contributed by atoms with E-state index in [-0.39, 0.29) is 6.61 Å². The Kier molecular flexibility index (Phi) is 6.00. The molecule has 1 aromatic heterocycles. The summed E-state index contributed by atoms with van der Waals surface area (Å²) in [4.78, 5) is 9.08.